The lowest BCUT2D eigenvalue weighted by atomic mass is 9.99. The van der Waals surface area contributed by atoms with Crippen molar-refractivity contribution >= 4 is 6.09 Å². The summed E-state index contributed by atoms with van der Waals surface area (Å²) in [5.74, 6) is -0.139. The van der Waals surface area contributed by atoms with Crippen LogP contribution in [0.2, 0.25) is 0 Å². The number of nitriles is 1. The van der Waals surface area contributed by atoms with E-state index in [9.17, 15) is 9.18 Å². The molecule has 3 rings (SSSR count). The lowest BCUT2D eigenvalue weighted by molar-refractivity contribution is 0.00891. The topological polar surface area (TPSA) is 75.4 Å². The number of benzene rings is 1. The Labute approximate surface area is 176 Å². The van der Waals surface area contributed by atoms with Crippen LogP contribution in [0.1, 0.15) is 62.9 Å². The molecule has 1 unspecified atom stereocenters. The number of aromatic nitrogens is 1. The predicted octanol–water partition coefficient (Wildman–Crippen LogP) is 5.13. The number of amides is 1. The van der Waals surface area contributed by atoms with Gasteiger partial charge in [-0.2, -0.15) is 5.26 Å². The molecule has 0 saturated carbocycles. The van der Waals surface area contributed by atoms with E-state index in [0.717, 1.165) is 25.0 Å². The van der Waals surface area contributed by atoms with Gasteiger partial charge in [0.25, 0.3) is 0 Å². The minimum Gasteiger partial charge on any atom is -0.473 e. The van der Waals surface area contributed by atoms with Crippen LogP contribution in [0.4, 0.5) is 9.18 Å². The SMILES string of the molecule is CC(C)(C)OC(=O)N1CCCCC1c1cccc(OCc2ccc(C#N)cc2F)n1. The summed E-state index contributed by atoms with van der Waals surface area (Å²) in [7, 11) is 0. The molecule has 1 aromatic carbocycles. The van der Waals surface area contributed by atoms with Crippen LogP contribution < -0.4 is 4.74 Å². The molecular formula is C23H26FN3O3. The highest BCUT2D eigenvalue weighted by atomic mass is 19.1. The fourth-order valence-electron chi connectivity index (χ4n) is 3.36. The summed E-state index contributed by atoms with van der Waals surface area (Å²) >= 11 is 0. The first-order valence-electron chi connectivity index (χ1n) is 10.0. The van der Waals surface area contributed by atoms with E-state index in [1.807, 2.05) is 39.0 Å². The molecular weight excluding hydrogens is 385 g/mol. The number of nitrogens with zero attached hydrogens (tertiary/aromatic N) is 3. The molecule has 1 fully saturated rings. The zero-order valence-electron chi connectivity index (χ0n) is 17.5. The third kappa shape index (κ3) is 5.47. The van der Waals surface area contributed by atoms with Crippen molar-refractivity contribution in [3.8, 4) is 11.9 Å². The van der Waals surface area contributed by atoms with E-state index in [0.29, 0.717) is 18.0 Å². The summed E-state index contributed by atoms with van der Waals surface area (Å²) < 4.78 is 25.3. The van der Waals surface area contributed by atoms with E-state index in [1.165, 1.54) is 12.1 Å². The van der Waals surface area contributed by atoms with Gasteiger partial charge in [0.1, 0.15) is 18.0 Å². The van der Waals surface area contributed by atoms with Crippen molar-refractivity contribution in [3.05, 3.63) is 59.0 Å². The molecule has 0 radical (unpaired) electrons. The Kier molecular flexibility index (Phi) is 6.56. The Hall–Kier alpha value is -3.14. The van der Waals surface area contributed by atoms with Crippen LogP contribution in [-0.4, -0.2) is 28.1 Å². The van der Waals surface area contributed by atoms with Gasteiger partial charge in [0.2, 0.25) is 5.88 Å². The smallest absolute Gasteiger partial charge is 0.410 e. The molecule has 1 atom stereocenters. The van der Waals surface area contributed by atoms with Crippen LogP contribution in [0.15, 0.2) is 36.4 Å². The summed E-state index contributed by atoms with van der Waals surface area (Å²) in [6.07, 6.45) is 2.36. The molecule has 158 valence electrons. The number of likely N-dealkylation sites (tertiary alicyclic amines) is 1. The van der Waals surface area contributed by atoms with Gasteiger partial charge in [0.05, 0.1) is 23.4 Å². The third-order valence-corrected chi connectivity index (χ3v) is 4.78. The van der Waals surface area contributed by atoms with Crippen LogP contribution in [0.3, 0.4) is 0 Å². The van der Waals surface area contributed by atoms with E-state index in [2.05, 4.69) is 4.98 Å². The second-order valence-electron chi connectivity index (χ2n) is 8.29. The number of carbonyl (C=O) groups excluding carboxylic acids is 1. The van der Waals surface area contributed by atoms with Gasteiger partial charge in [-0.05, 0) is 58.2 Å². The molecule has 7 heteroatoms. The molecule has 0 bridgehead atoms. The summed E-state index contributed by atoms with van der Waals surface area (Å²) in [5.41, 5.74) is 0.756. The first-order chi connectivity index (χ1) is 14.3. The van der Waals surface area contributed by atoms with Crippen molar-refractivity contribution < 1.29 is 18.7 Å². The minimum atomic E-state index is -0.567. The lowest BCUT2D eigenvalue weighted by Gasteiger charge is -2.36. The maximum atomic E-state index is 14.1. The Bertz CT molecular complexity index is 949. The lowest BCUT2D eigenvalue weighted by Crippen LogP contribution is -2.42. The Balaban J connectivity index is 1.73. The zero-order valence-corrected chi connectivity index (χ0v) is 17.5. The summed E-state index contributed by atoms with van der Waals surface area (Å²) in [4.78, 5) is 18.9. The number of ether oxygens (including phenoxy) is 2. The summed E-state index contributed by atoms with van der Waals surface area (Å²) in [6, 6.07) is 11.4. The molecule has 0 spiro atoms. The maximum absolute atomic E-state index is 14.1. The van der Waals surface area contributed by atoms with Crippen molar-refractivity contribution in [2.75, 3.05) is 6.54 Å². The number of hydrogen-bond acceptors (Lipinski definition) is 5. The highest BCUT2D eigenvalue weighted by Gasteiger charge is 2.32. The minimum absolute atomic E-state index is 0.00551. The predicted molar refractivity (Wildman–Crippen MR) is 109 cm³/mol. The summed E-state index contributed by atoms with van der Waals surface area (Å²) in [6.45, 7) is 6.15. The second-order valence-corrected chi connectivity index (χ2v) is 8.29. The van der Waals surface area contributed by atoms with Crippen molar-refractivity contribution in [1.82, 2.24) is 9.88 Å². The van der Waals surface area contributed by atoms with Gasteiger partial charge in [-0.3, -0.25) is 4.90 Å². The van der Waals surface area contributed by atoms with Gasteiger partial charge < -0.3 is 9.47 Å². The Morgan fingerprint density at radius 2 is 2.10 bits per heavy atom. The number of carbonyl (C=O) groups is 1. The fraction of sp³-hybridized carbons (Fsp3) is 0.435. The molecule has 30 heavy (non-hydrogen) atoms. The summed E-state index contributed by atoms with van der Waals surface area (Å²) in [5, 5.41) is 8.84. The number of rotatable bonds is 4. The Morgan fingerprint density at radius 3 is 2.80 bits per heavy atom. The molecule has 2 heterocycles. The Morgan fingerprint density at radius 1 is 1.30 bits per heavy atom. The van der Waals surface area contributed by atoms with Crippen molar-refractivity contribution in [2.45, 2.75) is 58.3 Å². The van der Waals surface area contributed by atoms with Crippen molar-refractivity contribution in [1.29, 1.82) is 5.26 Å². The quantitative estimate of drug-likeness (QED) is 0.697. The standard InChI is InChI=1S/C23H26FN3O3/c1-23(2,3)30-22(28)27-12-5-4-8-20(27)19-7-6-9-21(26-19)29-15-17-11-10-16(14-25)13-18(17)24/h6-7,9-11,13,20H,4-5,8,12,15H2,1-3H3. The van der Waals surface area contributed by atoms with E-state index in [-0.39, 0.29) is 24.3 Å². The van der Waals surface area contributed by atoms with Gasteiger partial charge in [0.15, 0.2) is 0 Å². The van der Waals surface area contributed by atoms with Crippen LogP contribution in [0.5, 0.6) is 5.88 Å². The number of halogens is 1. The van der Waals surface area contributed by atoms with Crippen LogP contribution in [-0.2, 0) is 11.3 Å². The van der Waals surface area contributed by atoms with Crippen LogP contribution in [0.25, 0.3) is 0 Å². The molecule has 1 amide bonds. The normalized spacial score (nSPS) is 16.6. The van der Waals surface area contributed by atoms with E-state index < -0.39 is 11.4 Å². The molecule has 1 saturated heterocycles. The van der Waals surface area contributed by atoms with Crippen LogP contribution in [0, 0.1) is 17.1 Å². The van der Waals surface area contributed by atoms with Crippen molar-refractivity contribution in [2.24, 2.45) is 0 Å². The van der Waals surface area contributed by atoms with Gasteiger partial charge in [-0.15, -0.1) is 0 Å². The number of piperidine rings is 1. The third-order valence-electron chi connectivity index (χ3n) is 4.78. The second kappa shape index (κ2) is 9.12. The average molecular weight is 411 g/mol. The van der Waals surface area contributed by atoms with Gasteiger partial charge >= 0.3 is 6.09 Å². The fourth-order valence-corrected chi connectivity index (χ4v) is 3.36. The zero-order chi connectivity index (χ0) is 21.7. The van der Waals surface area contributed by atoms with E-state index >= 15 is 0 Å². The number of pyridine rings is 1. The highest BCUT2D eigenvalue weighted by Crippen LogP contribution is 2.32. The first kappa shape index (κ1) is 21.6. The number of hydrogen-bond donors (Lipinski definition) is 0. The first-order valence-corrected chi connectivity index (χ1v) is 10.0. The molecule has 1 aliphatic heterocycles. The largest absolute Gasteiger partial charge is 0.473 e. The van der Waals surface area contributed by atoms with Gasteiger partial charge in [-0.1, -0.05) is 12.1 Å². The molecule has 6 nitrogen and oxygen atoms in total. The van der Waals surface area contributed by atoms with Crippen LogP contribution >= 0.6 is 0 Å². The van der Waals surface area contributed by atoms with Gasteiger partial charge in [-0.25, -0.2) is 14.2 Å². The van der Waals surface area contributed by atoms with Gasteiger partial charge in [0, 0.05) is 18.2 Å². The van der Waals surface area contributed by atoms with E-state index in [4.69, 9.17) is 14.7 Å². The molecule has 1 aliphatic rings. The highest BCUT2D eigenvalue weighted by molar-refractivity contribution is 5.69. The molecule has 1 aromatic heterocycles. The van der Waals surface area contributed by atoms with Crippen molar-refractivity contribution in [3.63, 3.8) is 0 Å². The monoisotopic (exact) mass is 411 g/mol. The maximum Gasteiger partial charge on any atom is 0.410 e. The average Bonchev–Trinajstić information content (AvgIpc) is 2.72. The molecule has 2 aromatic rings. The molecule has 0 N–H and O–H groups in total. The molecule has 0 aliphatic carbocycles. The van der Waals surface area contributed by atoms with E-state index in [1.54, 1.807) is 17.0 Å².